The van der Waals surface area contributed by atoms with Crippen molar-refractivity contribution in [1.82, 2.24) is 10.2 Å². The third-order valence-electron chi connectivity index (χ3n) is 4.50. The van der Waals surface area contributed by atoms with E-state index in [0.717, 1.165) is 17.7 Å². The molecule has 2 atom stereocenters. The number of hydrogen-bond donors (Lipinski definition) is 2. The molecular formula is C19H18F4N2O2. The van der Waals surface area contributed by atoms with Crippen LogP contribution >= 0.6 is 0 Å². The van der Waals surface area contributed by atoms with Crippen LogP contribution in [0, 0.1) is 0 Å². The van der Waals surface area contributed by atoms with Crippen LogP contribution in [0.15, 0.2) is 48.5 Å². The lowest BCUT2D eigenvalue weighted by Gasteiger charge is -2.34. The normalized spacial score (nSPS) is 19.0. The van der Waals surface area contributed by atoms with Crippen LogP contribution in [0.4, 0.5) is 17.6 Å². The fraction of sp³-hybridized carbons (Fsp3) is 0.316. The minimum atomic E-state index is -4.97. The van der Waals surface area contributed by atoms with Crippen molar-refractivity contribution in [2.24, 2.45) is 0 Å². The molecule has 1 fully saturated rings. The van der Waals surface area contributed by atoms with E-state index in [0.29, 0.717) is 19.6 Å². The average Bonchev–Trinajstić information content (AvgIpc) is 2.67. The number of aromatic hydroxyl groups is 1. The van der Waals surface area contributed by atoms with Gasteiger partial charge in [-0.25, -0.2) is 4.39 Å². The van der Waals surface area contributed by atoms with E-state index >= 15 is 0 Å². The second-order valence-electron chi connectivity index (χ2n) is 6.38. The molecule has 3 rings (SSSR count). The molecule has 4 nitrogen and oxygen atoms in total. The zero-order valence-electron chi connectivity index (χ0n) is 14.2. The van der Waals surface area contributed by atoms with Gasteiger partial charge in [-0.2, -0.15) is 13.2 Å². The molecule has 0 radical (unpaired) electrons. The topological polar surface area (TPSA) is 52.6 Å². The van der Waals surface area contributed by atoms with Gasteiger partial charge < -0.3 is 15.3 Å². The Bertz CT molecular complexity index is 791. The Morgan fingerprint density at radius 1 is 1.11 bits per heavy atom. The van der Waals surface area contributed by atoms with Gasteiger partial charge in [0.25, 0.3) is 5.91 Å². The van der Waals surface area contributed by atoms with E-state index in [-0.39, 0.29) is 23.3 Å². The number of nitrogens with one attached hydrogen (secondary N) is 1. The number of piperazine rings is 1. The highest BCUT2D eigenvalue weighted by Gasteiger charge is 2.41. The summed E-state index contributed by atoms with van der Waals surface area (Å²) in [4.78, 5) is 14.2. The molecule has 1 heterocycles. The first-order valence-electron chi connectivity index (χ1n) is 8.38. The predicted octanol–water partition coefficient (Wildman–Crippen LogP) is 3.75. The molecule has 0 bridgehead atoms. The van der Waals surface area contributed by atoms with Crippen LogP contribution < -0.4 is 5.32 Å². The van der Waals surface area contributed by atoms with Gasteiger partial charge in [-0.05, 0) is 35.4 Å². The molecule has 0 aliphatic carbocycles. The number of amides is 1. The molecule has 8 heteroatoms. The van der Waals surface area contributed by atoms with Crippen LogP contribution in [0.25, 0.3) is 0 Å². The standard InChI is InChI=1S/C19H18F4N2O2/c20-17(19(21,22)23)13-1-3-14(4-2-13)18(27)25-10-9-24-16(11-25)12-5-7-15(26)8-6-12/h1-8,16-17,24,26H,9-11H2. The first-order valence-corrected chi connectivity index (χ1v) is 8.38. The highest BCUT2D eigenvalue weighted by Crippen LogP contribution is 2.35. The molecule has 2 aromatic rings. The average molecular weight is 382 g/mol. The van der Waals surface area contributed by atoms with Gasteiger partial charge in [0, 0.05) is 31.2 Å². The van der Waals surface area contributed by atoms with E-state index in [2.05, 4.69) is 5.32 Å². The van der Waals surface area contributed by atoms with Gasteiger partial charge in [0.2, 0.25) is 6.17 Å². The van der Waals surface area contributed by atoms with Crippen LogP contribution in [-0.2, 0) is 0 Å². The van der Waals surface area contributed by atoms with Crippen molar-refractivity contribution in [1.29, 1.82) is 0 Å². The lowest BCUT2D eigenvalue weighted by atomic mass is 10.0. The maximum Gasteiger partial charge on any atom is 0.423 e. The summed E-state index contributed by atoms with van der Waals surface area (Å²) in [6, 6.07) is 10.9. The van der Waals surface area contributed by atoms with Gasteiger partial charge in [-0.3, -0.25) is 4.79 Å². The van der Waals surface area contributed by atoms with Crippen molar-refractivity contribution in [3.8, 4) is 5.75 Å². The number of halogens is 4. The SMILES string of the molecule is O=C(c1ccc(C(F)C(F)(F)F)cc1)N1CCNC(c2ccc(O)cc2)C1. The molecule has 1 saturated heterocycles. The first kappa shape index (κ1) is 19.2. The van der Waals surface area contributed by atoms with E-state index in [9.17, 15) is 27.5 Å². The van der Waals surface area contributed by atoms with E-state index in [1.807, 2.05) is 0 Å². The number of benzene rings is 2. The molecule has 1 aliphatic rings. The van der Waals surface area contributed by atoms with E-state index in [4.69, 9.17) is 0 Å². The molecule has 2 unspecified atom stereocenters. The minimum Gasteiger partial charge on any atom is -0.508 e. The zero-order valence-corrected chi connectivity index (χ0v) is 14.2. The van der Waals surface area contributed by atoms with Crippen LogP contribution in [-0.4, -0.2) is 41.7 Å². The molecule has 1 aliphatic heterocycles. The number of carbonyl (C=O) groups is 1. The zero-order chi connectivity index (χ0) is 19.6. The number of phenols is 1. The summed E-state index contributed by atoms with van der Waals surface area (Å²) < 4.78 is 50.7. The fourth-order valence-electron chi connectivity index (χ4n) is 3.03. The summed E-state index contributed by atoms with van der Waals surface area (Å²) in [5.74, 6) is -0.179. The summed E-state index contributed by atoms with van der Waals surface area (Å²) in [7, 11) is 0. The summed E-state index contributed by atoms with van der Waals surface area (Å²) in [5, 5.41) is 12.7. The van der Waals surface area contributed by atoms with Crippen LogP contribution in [0.2, 0.25) is 0 Å². The third-order valence-corrected chi connectivity index (χ3v) is 4.50. The Balaban J connectivity index is 1.70. The molecule has 144 valence electrons. The summed E-state index contributed by atoms with van der Waals surface area (Å²) in [6.45, 7) is 1.37. The highest BCUT2D eigenvalue weighted by atomic mass is 19.4. The number of hydrogen-bond acceptors (Lipinski definition) is 3. The smallest absolute Gasteiger partial charge is 0.423 e. The van der Waals surface area contributed by atoms with Crippen molar-refractivity contribution in [3.05, 3.63) is 65.2 Å². The second kappa shape index (κ2) is 7.56. The van der Waals surface area contributed by atoms with E-state index < -0.39 is 17.9 Å². The van der Waals surface area contributed by atoms with Gasteiger partial charge in [0.05, 0.1) is 0 Å². The second-order valence-corrected chi connectivity index (χ2v) is 6.38. The Labute approximate surface area is 153 Å². The van der Waals surface area contributed by atoms with Gasteiger partial charge in [0.15, 0.2) is 0 Å². The van der Waals surface area contributed by atoms with Crippen LogP contribution in [0.5, 0.6) is 5.75 Å². The number of rotatable bonds is 3. The summed E-state index contributed by atoms with van der Waals surface area (Å²) >= 11 is 0. The highest BCUT2D eigenvalue weighted by molar-refractivity contribution is 5.94. The van der Waals surface area contributed by atoms with Crippen molar-refractivity contribution in [2.45, 2.75) is 18.4 Å². The van der Waals surface area contributed by atoms with E-state index in [1.54, 1.807) is 29.2 Å². The predicted molar refractivity (Wildman–Crippen MR) is 91.1 cm³/mol. The molecule has 27 heavy (non-hydrogen) atoms. The van der Waals surface area contributed by atoms with Gasteiger partial charge >= 0.3 is 6.18 Å². The number of carbonyl (C=O) groups excluding carboxylic acids is 1. The Morgan fingerprint density at radius 3 is 2.33 bits per heavy atom. The lowest BCUT2D eigenvalue weighted by Crippen LogP contribution is -2.48. The maximum atomic E-state index is 13.4. The molecular weight excluding hydrogens is 364 g/mol. The maximum absolute atomic E-state index is 13.4. The Kier molecular flexibility index (Phi) is 5.36. The van der Waals surface area contributed by atoms with Gasteiger partial charge in [0.1, 0.15) is 5.75 Å². The third kappa shape index (κ3) is 4.39. The largest absolute Gasteiger partial charge is 0.508 e. The van der Waals surface area contributed by atoms with Crippen molar-refractivity contribution >= 4 is 5.91 Å². The number of phenolic OH excluding ortho intramolecular Hbond substituents is 1. The fourth-order valence-corrected chi connectivity index (χ4v) is 3.03. The van der Waals surface area contributed by atoms with Crippen molar-refractivity contribution < 1.29 is 27.5 Å². The van der Waals surface area contributed by atoms with Crippen molar-refractivity contribution in [2.75, 3.05) is 19.6 Å². The summed E-state index contributed by atoms with van der Waals surface area (Å²) in [5.41, 5.74) is 0.590. The molecule has 2 aromatic carbocycles. The quantitative estimate of drug-likeness (QED) is 0.795. The van der Waals surface area contributed by atoms with E-state index in [1.165, 1.54) is 12.1 Å². The lowest BCUT2D eigenvalue weighted by molar-refractivity contribution is -0.182. The van der Waals surface area contributed by atoms with Crippen LogP contribution in [0.1, 0.15) is 33.7 Å². The monoisotopic (exact) mass is 382 g/mol. The first-order chi connectivity index (χ1) is 12.8. The number of alkyl halides is 4. The molecule has 0 aromatic heterocycles. The van der Waals surface area contributed by atoms with Crippen molar-refractivity contribution in [3.63, 3.8) is 0 Å². The van der Waals surface area contributed by atoms with Crippen LogP contribution in [0.3, 0.4) is 0 Å². The van der Waals surface area contributed by atoms with Gasteiger partial charge in [-0.15, -0.1) is 0 Å². The molecule has 2 N–H and O–H groups in total. The Hall–Kier alpha value is -2.61. The molecule has 0 saturated carbocycles. The minimum absolute atomic E-state index is 0.122. The molecule has 1 amide bonds. The van der Waals surface area contributed by atoms with Gasteiger partial charge in [-0.1, -0.05) is 24.3 Å². The molecule has 0 spiro atoms. The summed E-state index contributed by atoms with van der Waals surface area (Å²) in [6.07, 6.45) is -8.04. The Morgan fingerprint density at radius 2 is 1.74 bits per heavy atom. The number of nitrogens with zero attached hydrogens (tertiary/aromatic N) is 1.